The lowest BCUT2D eigenvalue weighted by molar-refractivity contribution is -0.120. The highest BCUT2D eigenvalue weighted by atomic mass is 35.5. The third kappa shape index (κ3) is 4.97. The van der Waals surface area contributed by atoms with Crippen molar-refractivity contribution in [3.05, 3.63) is 45.6 Å². The summed E-state index contributed by atoms with van der Waals surface area (Å²) >= 11 is 7.93. The fourth-order valence-corrected chi connectivity index (χ4v) is 3.53. The first kappa shape index (κ1) is 18.7. The van der Waals surface area contributed by atoms with E-state index in [2.05, 4.69) is 15.4 Å². The SMILES string of the molecule is C/C(=N/OCC(=O)Nc1ccc(N2CCOCC2)c(Cl)c1)c1cccs1. The third-order valence-electron chi connectivity index (χ3n) is 3.86. The number of ether oxygens (including phenoxy) is 1. The lowest BCUT2D eigenvalue weighted by Crippen LogP contribution is -2.36. The number of morpholine rings is 1. The molecule has 1 fully saturated rings. The van der Waals surface area contributed by atoms with E-state index in [-0.39, 0.29) is 12.5 Å². The van der Waals surface area contributed by atoms with Gasteiger partial charge in [-0.15, -0.1) is 11.3 Å². The Labute approximate surface area is 161 Å². The van der Waals surface area contributed by atoms with Crippen molar-refractivity contribution in [2.75, 3.05) is 43.1 Å². The van der Waals surface area contributed by atoms with E-state index in [1.807, 2.05) is 36.6 Å². The minimum absolute atomic E-state index is 0.161. The zero-order valence-electron chi connectivity index (χ0n) is 14.4. The van der Waals surface area contributed by atoms with Gasteiger partial charge in [0.05, 0.1) is 34.5 Å². The summed E-state index contributed by atoms with van der Waals surface area (Å²) in [6.07, 6.45) is 0. The monoisotopic (exact) mass is 393 g/mol. The van der Waals surface area contributed by atoms with E-state index in [1.54, 1.807) is 17.4 Å². The number of anilines is 2. The third-order valence-corrected chi connectivity index (χ3v) is 5.14. The van der Waals surface area contributed by atoms with Crippen LogP contribution in [0.15, 0.2) is 40.9 Å². The van der Waals surface area contributed by atoms with Gasteiger partial charge in [-0.3, -0.25) is 4.79 Å². The van der Waals surface area contributed by atoms with Crippen LogP contribution >= 0.6 is 22.9 Å². The van der Waals surface area contributed by atoms with E-state index < -0.39 is 0 Å². The van der Waals surface area contributed by atoms with Crippen LogP contribution in [0.2, 0.25) is 5.02 Å². The first-order valence-electron chi connectivity index (χ1n) is 8.26. The summed E-state index contributed by atoms with van der Waals surface area (Å²) < 4.78 is 5.35. The first-order valence-corrected chi connectivity index (χ1v) is 9.52. The molecule has 2 heterocycles. The van der Waals surface area contributed by atoms with Gasteiger partial charge in [0.1, 0.15) is 0 Å². The van der Waals surface area contributed by atoms with Gasteiger partial charge in [0.2, 0.25) is 0 Å². The number of oxime groups is 1. The van der Waals surface area contributed by atoms with Gasteiger partial charge in [0, 0.05) is 18.8 Å². The molecule has 3 rings (SSSR count). The predicted molar refractivity (Wildman–Crippen MR) is 106 cm³/mol. The Balaban J connectivity index is 1.52. The number of nitrogens with zero attached hydrogens (tertiary/aromatic N) is 2. The number of halogens is 1. The maximum atomic E-state index is 12.0. The van der Waals surface area contributed by atoms with Crippen molar-refractivity contribution >= 4 is 45.9 Å². The Morgan fingerprint density at radius 1 is 1.38 bits per heavy atom. The quantitative estimate of drug-likeness (QED) is 0.601. The van der Waals surface area contributed by atoms with E-state index in [0.29, 0.717) is 23.9 Å². The van der Waals surface area contributed by atoms with Crippen LogP contribution in [0, 0.1) is 0 Å². The highest BCUT2D eigenvalue weighted by Crippen LogP contribution is 2.29. The summed E-state index contributed by atoms with van der Waals surface area (Å²) in [6, 6.07) is 9.36. The van der Waals surface area contributed by atoms with Crippen molar-refractivity contribution in [3.8, 4) is 0 Å². The molecular weight excluding hydrogens is 374 g/mol. The van der Waals surface area contributed by atoms with Gasteiger partial charge in [-0.1, -0.05) is 22.8 Å². The lowest BCUT2D eigenvalue weighted by atomic mass is 10.2. The summed E-state index contributed by atoms with van der Waals surface area (Å²) in [5.41, 5.74) is 2.31. The van der Waals surface area contributed by atoms with E-state index in [1.165, 1.54) is 0 Å². The number of hydrogen-bond acceptors (Lipinski definition) is 6. The summed E-state index contributed by atoms with van der Waals surface area (Å²) in [5.74, 6) is -0.289. The molecule has 1 aliphatic heterocycles. The maximum absolute atomic E-state index is 12.0. The molecule has 1 aromatic heterocycles. The van der Waals surface area contributed by atoms with Crippen molar-refractivity contribution in [2.45, 2.75) is 6.92 Å². The molecule has 138 valence electrons. The van der Waals surface area contributed by atoms with E-state index >= 15 is 0 Å². The Kier molecular flexibility index (Phi) is 6.49. The first-order chi connectivity index (χ1) is 12.6. The Bertz CT molecular complexity index is 774. The molecule has 8 heteroatoms. The zero-order chi connectivity index (χ0) is 18.4. The number of carbonyl (C=O) groups excluding carboxylic acids is 1. The Morgan fingerprint density at radius 2 is 2.19 bits per heavy atom. The molecule has 0 spiro atoms. The van der Waals surface area contributed by atoms with Crippen LogP contribution in [0.1, 0.15) is 11.8 Å². The molecule has 0 atom stereocenters. The van der Waals surface area contributed by atoms with Crippen LogP contribution in [0.5, 0.6) is 0 Å². The van der Waals surface area contributed by atoms with Crippen LogP contribution in [0.25, 0.3) is 0 Å². The van der Waals surface area contributed by atoms with E-state index in [9.17, 15) is 4.79 Å². The topological polar surface area (TPSA) is 63.2 Å². The van der Waals surface area contributed by atoms with Crippen molar-refractivity contribution in [1.82, 2.24) is 0 Å². The molecule has 1 aliphatic rings. The van der Waals surface area contributed by atoms with Gasteiger partial charge in [-0.25, -0.2) is 0 Å². The molecule has 0 aliphatic carbocycles. The standard InChI is InChI=1S/C18H20ClN3O3S/c1-13(17-3-2-10-26-17)21-25-12-18(23)20-14-4-5-16(15(19)11-14)22-6-8-24-9-7-22/h2-5,10-11H,6-9,12H2,1H3,(H,20,23)/b21-13-. The van der Waals surface area contributed by atoms with Gasteiger partial charge in [-0.2, -0.15) is 0 Å². The zero-order valence-corrected chi connectivity index (χ0v) is 16.0. The number of benzene rings is 1. The number of amides is 1. The molecule has 0 radical (unpaired) electrons. The second kappa shape index (κ2) is 9.02. The van der Waals surface area contributed by atoms with Crippen molar-refractivity contribution in [3.63, 3.8) is 0 Å². The van der Waals surface area contributed by atoms with Crippen LogP contribution in [-0.2, 0) is 14.4 Å². The maximum Gasteiger partial charge on any atom is 0.265 e. The molecule has 1 saturated heterocycles. The Hall–Kier alpha value is -2.09. The molecule has 1 amide bonds. The van der Waals surface area contributed by atoms with Gasteiger partial charge in [-0.05, 0) is 36.6 Å². The van der Waals surface area contributed by atoms with Gasteiger partial charge < -0.3 is 19.8 Å². The molecular formula is C18H20ClN3O3S. The number of carbonyl (C=O) groups is 1. The van der Waals surface area contributed by atoms with Crippen LogP contribution in [-0.4, -0.2) is 44.5 Å². The minimum Gasteiger partial charge on any atom is -0.385 e. The predicted octanol–water partition coefficient (Wildman–Crippen LogP) is 3.62. The number of rotatable bonds is 6. The molecule has 0 bridgehead atoms. The molecule has 1 aromatic carbocycles. The highest BCUT2D eigenvalue weighted by Gasteiger charge is 2.15. The highest BCUT2D eigenvalue weighted by molar-refractivity contribution is 7.12. The number of hydrogen-bond donors (Lipinski definition) is 1. The van der Waals surface area contributed by atoms with Gasteiger partial charge >= 0.3 is 0 Å². The lowest BCUT2D eigenvalue weighted by Gasteiger charge is -2.29. The van der Waals surface area contributed by atoms with Crippen molar-refractivity contribution in [2.24, 2.45) is 5.16 Å². The number of nitrogens with one attached hydrogen (secondary N) is 1. The molecule has 0 saturated carbocycles. The van der Waals surface area contributed by atoms with Crippen molar-refractivity contribution in [1.29, 1.82) is 0 Å². The summed E-state index contributed by atoms with van der Waals surface area (Å²) in [5, 5.41) is 9.28. The molecule has 26 heavy (non-hydrogen) atoms. The smallest absolute Gasteiger partial charge is 0.265 e. The van der Waals surface area contributed by atoms with E-state index in [0.717, 1.165) is 29.4 Å². The molecule has 6 nitrogen and oxygen atoms in total. The number of thiophene rings is 1. The second-order valence-electron chi connectivity index (χ2n) is 5.74. The van der Waals surface area contributed by atoms with E-state index in [4.69, 9.17) is 21.2 Å². The van der Waals surface area contributed by atoms with Gasteiger partial charge in [0.15, 0.2) is 6.61 Å². The summed E-state index contributed by atoms with van der Waals surface area (Å²) in [6.45, 7) is 4.68. The van der Waals surface area contributed by atoms with Crippen LogP contribution < -0.4 is 10.2 Å². The second-order valence-corrected chi connectivity index (χ2v) is 7.10. The molecule has 1 N–H and O–H groups in total. The summed E-state index contributed by atoms with van der Waals surface area (Å²) in [4.78, 5) is 20.3. The fourth-order valence-electron chi connectivity index (χ4n) is 2.56. The van der Waals surface area contributed by atoms with Gasteiger partial charge in [0.25, 0.3) is 5.91 Å². The van der Waals surface area contributed by atoms with Crippen LogP contribution in [0.4, 0.5) is 11.4 Å². The fraction of sp³-hybridized carbons (Fsp3) is 0.333. The average Bonchev–Trinajstić information content (AvgIpc) is 3.17. The summed E-state index contributed by atoms with van der Waals surface area (Å²) in [7, 11) is 0. The normalized spacial score (nSPS) is 15.0. The Morgan fingerprint density at radius 3 is 2.88 bits per heavy atom. The average molecular weight is 394 g/mol. The van der Waals surface area contributed by atoms with Crippen molar-refractivity contribution < 1.29 is 14.4 Å². The minimum atomic E-state index is -0.289. The molecule has 2 aromatic rings. The van der Waals surface area contributed by atoms with Crippen LogP contribution in [0.3, 0.4) is 0 Å². The molecule has 0 unspecified atom stereocenters. The largest absolute Gasteiger partial charge is 0.385 e.